The van der Waals surface area contributed by atoms with Gasteiger partial charge in [0, 0.05) is 11.4 Å². The molecule has 0 aliphatic carbocycles. The lowest BCUT2D eigenvalue weighted by Gasteiger charge is -2.03. The van der Waals surface area contributed by atoms with Crippen molar-refractivity contribution in [3.8, 4) is 0 Å². The van der Waals surface area contributed by atoms with Crippen molar-refractivity contribution in [2.75, 3.05) is 13.1 Å². The van der Waals surface area contributed by atoms with E-state index in [9.17, 15) is 0 Å². The molecule has 2 aromatic rings. The second-order valence-electron chi connectivity index (χ2n) is 4.30. The lowest BCUT2D eigenvalue weighted by molar-refractivity contribution is 0.864. The maximum Gasteiger partial charge on any atom is 0.188 e. The molecule has 0 bridgehead atoms. The van der Waals surface area contributed by atoms with Gasteiger partial charge in [-0.3, -0.25) is 0 Å². The van der Waals surface area contributed by atoms with Gasteiger partial charge in [0.15, 0.2) is 5.96 Å². The topological polar surface area (TPSA) is 50.4 Å². The summed E-state index contributed by atoms with van der Waals surface area (Å²) in [4.78, 5) is 5.61. The monoisotopic (exact) mass is 413 g/mol. The van der Waals surface area contributed by atoms with Gasteiger partial charge in [0.2, 0.25) is 0 Å². The number of nitrogens with one attached hydrogen (secondary N) is 1. The van der Waals surface area contributed by atoms with Gasteiger partial charge in [-0.25, -0.2) is 4.99 Å². The van der Waals surface area contributed by atoms with Crippen LogP contribution in [0.5, 0.6) is 0 Å². The molecule has 1 aromatic heterocycles. The Morgan fingerprint density at radius 1 is 1.19 bits per heavy atom. The molecule has 1 heterocycles. The van der Waals surface area contributed by atoms with E-state index in [1.807, 2.05) is 30.4 Å². The zero-order valence-electron chi connectivity index (χ0n) is 11.7. The average molecular weight is 413 g/mol. The predicted octanol–water partition coefficient (Wildman–Crippen LogP) is 3.53. The Kier molecular flexibility index (Phi) is 8.77. The van der Waals surface area contributed by atoms with Gasteiger partial charge in [-0.2, -0.15) is 0 Å². The number of rotatable bonds is 6. The van der Waals surface area contributed by atoms with Crippen molar-refractivity contribution in [2.24, 2.45) is 10.7 Å². The smallest absolute Gasteiger partial charge is 0.188 e. The number of guanidine groups is 1. The van der Waals surface area contributed by atoms with Crippen LogP contribution in [0.3, 0.4) is 0 Å². The highest BCUT2D eigenvalue weighted by atomic mass is 127. The Hall–Kier alpha value is -1.34. The fourth-order valence-corrected chi connectivity index (χ4v) is 2.44. The van der Waals surface area contributed by atoms with Crippen LogP contribution < -0.4 is 11.1 Å². The maximum absolute atomic E-state index is 5.80. The van der Waals surface area contributed by atoms with E-state index >= 15 is 0 Å². The molecular formula is C16H20IN3S. The van der Waals surface area contributed by atoms with E-state index in [1.54, 1.807) is 11.3 Å². The first-order valence-electron chi connectivity index (χ1n) is 6.62. The molecule has 0 amide bonds. The van der Waals surface area contributed by atoms with E-state index < -0.39 is 0 Å². The normalized spacial score (nSPS) is 11.3. The van der Waals surface area contributed by atoms with Crippen LogP contribution in [0.15, 0.2) is 58.9 Å². The summed E-state index contributed by atoms with van der Waals surface area (Å²) in [7, 11) is 0. The van der Waals surface area contributed by atoms with Crippen LogP contribution in [0.4, 0.5) is 0 Å². The minimum absolute atomic E-state index is 0. The van der Waals surface area contributed by atoms with E-state index in [2.05, 4.69) is 40.0 Å². The summed E-state index contributed by atoms with van der Waals surface area (Å²) < 4.78 is 0. The molecule has 112 valence electrons. The lowest BCUT2D eigenvalue weighted by Crippen LogP contribution is -2.33. The number of nitrogens with two attached hydrogens (primary N) is 1. The van der Waals surface area contributed by atoms with E-state index in [0.717, 1.165) is 13.0 Å². The van der Waals surface area contributed by atoms with E-state index in [1.165, 1.54) is 10.4 Å². The molecule has 0 aliphatic heterocycles. The predicted molar refractivity (Wildman–Crippen MR) is 103 cm³/mol. The van der Waals surface area contributed by atoms with Gasteiger partial charge in [-0.1, -0.05) is 48.6 Å². The molecule has 2 rings (SSSR count). The van der Waals surface area contributed by atoms with Gasteiger partial charge >= 0.3 is 0 Å². The van der Waals surface area contributed by atoms with E-state index in [0.29, 0.717) is 12.5 Å². The van der Waals surface area contributed by atoms with Crippen molar-refractivity contribution in [1.82, 2.24) is 5.32 Å². The highest BCUT2D eigenvalue weighted by Gasteiger charge is 1.94. The number of halogens is 1. The molecule has 0 fully saturated rings. The summed E-state index contributed by atoms with van der Waals surface area (Å²) in [5.41, 5.74) is 6.97. The van der Waals surface area contributed by atoms with Crippen molar-refractivity contribution >= 4 is 47.3 Å². The number of aliphatic imine (C=N–C) groups is 1. The number of hydrogen-bond acceptors (Lipinski definition) is 2. The molecule has 3 nitrogen and oxygen atoms in total. The van der Waals surface area contributed by atoms with Crippen LogP contribution >= 0.6 is 35.3 Å². The van der Waals surface area contributed by atoms with Crippen LogP contribution in [-0.4, -0.2) is 19.0 Å². The SMILES string of the molecule is I.NC(=NCC=Cc1ccccc1)NCCc1cccs1. The molecule has 0 unspecified atom stereocenters. The third-order valence-corrected chi connectivity index (χ3v) is 3.67. The zero-order chi connectivity index (χ0) is 14.0. The van der Waals surface area contributed by atoms with Gasteiger partial charge in [0.1, 0.15) is 0 Å². The molecule has 0 spiro atoms. The molecule has 21 heavy (non-hydrogen) atoms. The summed E-state index contributed by atoms with van der Waals surface area (Å²) in [5.74, 6) is 0.499. The Morgan fingerprint density at radius 3 is 2.71 bits per heavy atom. The van der Waals surface area contributed by atoms with Gasteiger partial charge in [0.25, 0.3) is 0 Å². The molecule has 0 aliphatic rings. The van der Waals surface area contributed by atoms with Crippen molar-refractivity contribution in [1.29, 1.82) is 0 Å². The zero-order valence-corrected chi connectivity index (χ0v) is 14.9. The third kappa shape index (κ3) is 7.29. The summed E-state index contributed by atoms with van der Waals surface area (Å²) >= 11 is 1.76. The summed E-state index contributed by atoms with van der Waals surface area (Å²) in [6, 6.07) is 14.3. The second-order valence-corrected chi connectivity index (χ2v) is 5.33. The molecular weight excluding hydrogens is 393 g/mol. The van der Waals surface area contributed by atoms with Crippen molar-refractivity contribution < 1.29 is 0 Å². The number of thiophene rings is 1. The van der Waals surface area contributed by atoms with Gasteiger partial charge < -0.3 is 11.1 Å². The van der Waals surface area contributed by atoms with Crippen LogP contribution in [-0.2, 0) is 6.42 Å². The first-order chi connectivity index (χ1) is 9.84. The third-order valence-electron chi connectivity index (χ3n) is 2.73. The first kappa shape index (κ1) is 17.7. The largest absolute Gasteiger partial charge is 0.370 e. The summed E-state index contributed by atoms with van der Waals surface area (Å²) in [6.07, 6.45) is 5.03. The molecule has 1 aromatic carbocycles. The van der Waals surface area contributed by atoms with Crippen LogP contribution in [0.1, 0.15) is 10.4 Å². The fraction of sp³-hybridized carbons (Fsp3) is 0.188. The highest BCUT2D eigenvalue weighted by molar-refractivity contribution is 14.0. The van der Waals surface area contributed by atoms with Crippen molar-refractivity contribution in [3.05, 3.63) is 64.4 Å². The number of hydrogen-bond donors (Lipinski definition) is 2. The summed E-state index contributed by atoms with van der Waals surface area (Å²) in [6.45, 7) is 1.41. The van der Waals surface area contributed by atoms with Crippen LogP contribution in [0.25, 0.3) is 6.08 Å². The lowest BCUT2D eigenvalue weighted by atomic mass is 10.2. The molecule has 0 radical (unpaired) electrons. The standard InChI is InChI=1S/C16H19N3S.HI/c17-16(19-12-10-15-9-5-13-20-15)18-11-4-8-14-6-2-1-3-7-14;/h1-9,13H,10-12H2,(H3,17,18,19);1H. The average Bonchev–Trinajstić information content (AvgIpc) is 2.98. The Bertz CT molecular complexity index is 550. The Balaban J connectivity index is 0.00000220. The molecule has 0 saturated heterocycles. The maximum atomic E-state index is 5.80. The molecule has 0 atom stereocenters. The Morgan fingerprint density at radius 2 is 2.00 bits per heavy atom. The minimum atomic E-state index is 0. The fourth-order valence-electron chi connectivity index (χ4n) is 1.73. The quantitative estimate of drug-likeness (QED) is 0.433. The number of benzene rings is 1. The summed E-state index contributed by atoms with van der Waals surface area (Å²) in [5, 5.41) is 5.20. The van der Waals surface area contributed by atoms with Crippen molar-refractivity contribution in [3.63, 3.8) is 0 Å². The van der Waals surface area contributed by atoms with Gasteiger partial charge in [-0.05, 0) is 23.4 Å². The van der Waals surface area contributed by atoms with E-state index in [4.69, 9.17) is 5.73 Å². The second kappa shape index (κ2) is 10.4. The van der Waals surface area contributed by atoms with Gasteiger partial charge in [-0.15, -0.1) is 35.3 Å². The van der Waals surface area contributed by atoms with Crippen LogP contribution in [0.2, 0.25) is 0 Å². The molecule has 0 saturated carbocycles. The van der Waals surface area contributed by atoms with Crippen molar-refractivity contribution in [2.45, 2.75) is 6.42 Å². The van der Waals surface area contributed by atoms with Gasteiger partial charge in [0.05, 0.1) is 6.54 Å². The minimum Gasteiger partial charge on any atom is -0.370 e. The first-order valence-corrected chi connectivity index (χ1v) is 7.50. The molecule has 3 N–H and O–H groups in total. The Labute approximate surface area is 147 Å². The van der Waals surface area contributed by atoms with Crippen LogP contribution in [0, 0.1) is 0 Å². The van der Waals surface area contributed by atoms with E-state index in [-0.39, 0.29) is 24.0 Å². The number of nitrogens with zero attached hydrogens (tertiary/aromatic N) is 1. The molecule has 5 heteroatoms. The highest BCUT2D eigenvalue weighted by Crippen LogP contribution is 2.07.